The maximum Gasteiger partial charge on any atom is 0.411 e. The largest absolute Gasteiger partial charge is 0.456 e. The summed E-state index contributed by atoms with van der Waals surface area (Å²) < 4.78 is 30.2. The molecule has 0 bridgehead atoms. The van der Waals surface area contributed by atoms with Gasteiger partial charge in [0, 0.05) is 5.39 Å². The Morgan fingerprint density at radius 2 is 1.59 bits per heavy atom. The molecule has 1 atom stereocenters. The first-order chi connectivity index (χ1) is 17.5. The summed E-state index contributed by atoms with van der Waals surface area (Å²) in [7, 11) is 0. The Morgan fingerprint density at radius 3 is 2.35 bits per heavy atom. The van der Waals surface area contributed by atoms with Crippen LogP contribution in [0.1, 0.15) is 38.1 Å². The number of alkyl carbamates (subject to hydrolysis) is 1. The highest BCUT2D eigenvalue weighted by atomic mass is 19.1. The molecule has 10 heteroatoms. The van der Waals surface area contributed by atoms with Crippen LogP contribution < -0.4 is 16.0 Å². The number of anilines is 2. The summed E-state index contributed by atoms with van der Waals surface area (Å²) in [6.45, 7) is 6.44. The van der Waals surface area contributed by atoms with Crippen LogP contribution in [0.3, 0.4) is 0 Å². The Hall–Kier alpha value is -4.34. The predicted octanol–water partition coefficient (Wildman–Crippen LogP) is 5.67. The van der Waals surface area contributed by atoms with Gasteiger partial charge >= 0.3 is 18.2 Å². The molecule has 3 aromatic rings. The van der Waals surface area contributed by atoms with Crippen LogP contribution in [-0.4, -0.2) is 43.1 Å². The van der Waals surface area contributed by atoms with Gasteiger partial charge in [-0.2, -0.15) is 0 Å². The fourth-order valence-electron chi connectivity index (χ4n) is 3.36. The van der Waals surface area contributed by atoms with Crippen LogP contribution in [0.4, 0.5) is 25.4 Å². The third-order valence-corrected chi connectivity index (χ3v) is 4.89. The Labute approximate surface area is 214 Å². The smallest absolute Gasteiger partial charge is 0.411 e. The molecule has 0 saturated heterocycles. The quantitative estimate of drug-likeness (QED) is 0.155. The minimum Gasteiger partial charge on any atom is -0.456 e. The van der Waals surface area contributed by atoms with Crippen LogP contribution in [0.5, 0.6) is 0 Å². The van der Waals surface area contributed by atoms with Gasteiger partial charge in [-0.15, -0.1) is 0 Å². The number of amides is 2. The summed E-state index contributed by atoms with van der Waals surface area (Å²) in [4.78, 5) is 36.4. The second-order valence-corrected chi connectivity index (χ2v) is 9.08. The monoisotopic (exact) mass is 511 g/mol. The molecule has 0 radical (unpaired) electrons. The summed E-state index contributed by atoms with van der Waals surface area (Å²) in [5.41, 5.74) is -0.437. The molecule has 0 fully saturated rings. The number of halogens is 1. The van der Waals surface area contributed by atoms with E-state index < -0.39 is 35.8 Å². The summed E-state index contributed by atoms with van der Waals surface area (Å²) in [6, 6.07) is 17.3. The number of hydrogen-bond donors (Lipinski definition) is 3. The van der Waals surface area contributed by atoms with E-state index in [4.69, 9.17) is 14.2 Å². The molecule has 0 aromatic heterocycles. The number of fused-ring (bicyclic) bond motifs is 1. The molecule has 0 heterocycles. The fourth-order valence-corrected chi connectivity index (χ4v) is 3.36. The standard InChI is InChI=1S/C27H30FN3O6/c1-17(30-22-14-8-12-20(23(22)28)24(32)37-27(2,3)4)36-25(33)29-15-16-35-26(34)31-21-13-7-10-18-9-5-6-11-19(18)21/h5-14,17,30H,15-16H2,1-4H3,(H,29,33)(H,31,34). The van der Waals surface area contributed by atoms with Gasteiger partial charge < -0.3 is 24.8 Å². The van der Waals surface area contributed by atoms with Crippen LogP contribution in [-0.2, 0) is 14.2 Å². The van der Waals surface area contributed by atoms with Crippen LogP contribution in [0.15, 0.2) is 60.7 Å². The van der Waals surface area contributed by atoms with Crippen molar-refractivity contribution in [2.24, 2.45) is 0 Å². The third-order valence-electron chi connectivity index (χ3n) is 4.89. The second-order valence-electron chi connectivity index (χ2n) is 9.08. The van der Waals surface area contributed by atoms with E-state index in [1.807, 2.05) is 36.4 Å². The van der Waals surface area contributed by atoms with Gasteiger partial charge in [0.15, 0.2) is 12.0 Å². The lowest BCUT2D eigenvalue weighted by molar-refractivity contribution is 0.00645. The van der Waals surface area contributed by atoms with Crippen molar-refractivity contribution in [1.29, 1.82) is 0 Å². The van der Waals surface area contributed by atoms with Gasteiger partial charge in [0.1, 0.15) is 12.2 Å². The van der Waals surface area contributed by atoms with Gasteiger partial charge in [-0.05, 0) is 51.3 Å². The van der Waals surface area contributed by atoms with E-state index in [9.17, 15) is 18.8 Å². The first kappa shape index (κ1) is 27.3. The van der Waals surface area contributed by atoms with Gasteiger partial charge in [-0.1, -0.05) is 42.5 Å². The van der Waals surface area contributed by atoms with Crippen LogP contribution >= 0.6 is 0 Å². The molecule has 9 nitrogen and oxygen atoms in total. The third kappa shape index (κ3) is 8.09. The number of hydrogen-bond acceptors (Lipinski definition) is 7. The van der Waals surface area contributed by atoms with E-state index in [0.717, 1.165) is 10.8 Å². The van der Waals surface area contributed by atoms with Crippen LogP contribution in [0.25, 0.3) is 10.8 Å². The Kier molecular flexibility index (Phi) is 8.89. The number of nitrogens with one attached hydrogen (secondary N) is 3. The molecule has 2 amide bonds. The Morgan fingerprint density at radius 1 is 0.919 bits per heavy atom. The molecular formula is C27H30FN3O6. The zero-order chi connectivity index (χ0) is 27.0. The highest BCUT2D eigenvalue weighted by Gasteiger charge is 2.23. The maximum absolute atomic E-state index is 14.8. The zero-order valence-electron chi connectivity index (χ0n) is 21.1. The molecule has 0 spiro atoms. The SMILES string of the molecule is CC(Nc1cccc(C(=O)OC(C)(C)C)c1F)OC(=O)NCCOC(=O)Nc1cccc2ccccc12. The molecule has 0 saturated carbocycles. The molecule has 0 aliphatic heterocycles. The first-order valence-corrected chi connectivity index (χ1v) is 11.7. The number of carbonyl (C=O) groups excluding carboxylic acids is 3. The fraction of sp³-hybridized carbons (Fsp3) is 0.296. The van der Waals surface area contributed by atoms with Gasteiger partial charge in [0.2, 0.25) is 0 Å². The molecular weight excluding hydrogens is 481 g/mol. The molecule has 37 heavy (non-hydrogen) atoms. The van der Waals surface area contributed by atoms with E-state index in [1.54, 1.807) is 26.8 Å². The van der Waals surface area contributed by atoms with E-state index in [2.05, 4.69) is 16.0 Å². The molecule has 3 aromatic carbocycles. The summed E-state index contributed by atoms with van der Waals surface area (Å²) in [6.07, 6.45) is -2.40. The van der Waals surface area contributed by atoms with Crippen molar-refractivity contribution in [3.8, 4) is 0 Å². The zero-order valence-corrected chi connectivity index (χ0v) is 21.1. The number of carbonyl (C=O) groups is 3. The predicted molar refractivity (Wildman–Crippen MR) is 138 cm³/mol. The lowest BCUT2D eigenvalue weighted by Gasteiger charge is -2.21. The van der Waals surface area contributed by atoms with Gasteiger partial charge in [-0.3, -0.25) is 5.32 Å². The molecule has 196 valence electrons. The van der Waals surface area contributed by atoms with Gasteiger partial charge in [-0.25, -0.2) is 18.8 Å². The molecule has 0 aliphatic rings. The summed E-state index contributed by atoms with van der Waals surface area (Å²) in [5, 5.41) is 9.66. The first-order valence-electron chi connectivity index (χ1n) is 11.7. The van der Waals surface area contributed by atoms with E-state index in [-0.39, 0.29) is 24.4 Å². The molecule has 1 unspecified atom stereocenters. The maximum atomic E-state index is 14.8. The van der Waals surface area contributed by atoms with Gasteiger partial charge in [0.25, 0.3) is 0 Å². The normalized spacial score (nSPS) is 11.8. The Balaban J connectivity index is 1.42. The number of esters is 1. The average molecular weight is 512 g/mol. The van der Waals surface area contributed by atoms with E-state index in [0.29, 0.717) is 5.69 Å². The van der Waals surface area contributed by atoms with E-state index >= 15 is 0 Å². The lowest BCUT2D eigenvalue weighted by Crippen LogP contribution is -2.34. The van der Waals surface area contributed by atoms with Crippen molar-refractivity contribution in [1.82, 2.24) is 5.32 Å². The molecule has 0 aliphatic carbocycles. The average Bonchev–Trinajstić information content (AvgIpc) is 2.82. The molecule has 3 rings (SSSR count). The van der Waals surface area contributed by atoms with Crippen molar-refractivity contribution in [3.63, 3.8) is 0 Å². The number of ether oxygens (including phenoxy) is 3. The lowest BCUT2D eigenvalue weighted by atomic mass is 10.1. The second kappa shape index (κ2) is 12.1. The molecule has 3 N–H and O–H groups in total. The van der Waals surface area contributed by atoms with Crippen molar-refractivity contribution in [3.05, 3.63) is 72.0 Å². The Bertz CT molecular complexity index is 1270. The van der Waals surface area contributed by atoms with Crippen molar-refractivity contribution >= 4 is 40.3 Å². The highest BCUT2D eigenvalue weighted by molar-refractivity contribution is 6.00. The van der Waals surface area contributed by atoms with E-state index in [1.165, 1.54) is 25.1 Å². The summed E-state index contributed by atoms with van der Waals surface area (Å²) >= 11 is 0. The van der Waals surface area contributed by atoms with Crippen molar-refractivity contribution in [2.45, 2.75) is 39.5 Å². The minimum absolute atomic E-state index is 0.00298. The number of rotatable bonds is 8. The number of benzene rings is 3. The highest BCUT2D eigenvalue weighted by Crippen LogP contribution is 2.23. The van der Waals surface area contributed by atoms with Crippen molar-refractivity contribution in [2.75, 3.05) is 23.8 Å². The van der Waals surface area contributed by atoms with Gasteiger partial charge in [0.05, 0.1) is 23.5 Å². The van der Waals surface area contributed by atoms with Crippen LogP contribution in [0.2, 0.25) is 0 Å². The summed E-state index contributed by atoms with van der Waals surface area (Å²) in [5.74, 6) is -1.62. The topological polar surface area (TPSA) is 115 Å². The van der Waals surface area contributed by atoms with Crippen LogP contribution in [0, 0.1) is 5.82 Å². The minimum atomic E-state index is -0.932. The van der Waals surface area contributed by atoms with Crippen molar-refractivity contribution < 1.29 is 33.0 Å².